The van der Waals surface area contributed by atoms with E-state index in [9.17, 15) is 9.59 Å². The fraction of sp³-hybridized carbons (Fsp3) is 0.333. The Kier molecular flexibility index (Phi) is 15.9. The summed E-state index contributed by atoms with van der Waals surface area (Å²) in [7, 11) is 0. The molecule has 0 saturated heterocycles. The Morgan fingerprint density at radius 2 is 0.804 bits per heavy atom. The molecule has 244 valence electrons. The standard InChI is InChI=1S/C20H24O3.C19H22O4/c1-3-4-5-17-8-12-20(13-9-17)23-15-18(21)14-22-19-10-6-16(2)7-11-19;1-15-4-8-18(9-5-15)22-13-17(21)14-23-19-10-6-16(7-11-19)3-2-12-20/h6-13H,3-5,14-15H2,1-2H3;4-11,20H,2-3,12-14H2,1H3. The van der Waals surface area contributed by atoms with Gasteiger partial charge in [-0.15, -0.1) is 0 Å². The molecule has 7 nitrogen and oxygen atoms in total. The number of hydrogen-bond donors (Lipinski definition) is 1. The number of aliphatic hydroxyl groups excluding tert-OH is 1. The molecule has 4 rings (SSSR count). The third-order valence-electron chi connectivity index (χ3n) is 6.93. The van der Waals surface area contributed by atoms with Crippen molar-refractivity contribution in [3.8, 4) is 23.0 Å². The van der Waals surface area contributed by atoms with Crippen LogP contribution in [0, 0.1) is 13.8 Å². The minimum atomic E-state index is -0.116. The number of carbonyl (C=O) groups excluding carboxylic acids is 2. The first-order valence-electron chi connectivity index (χ1n) is 15.8. The van der Waals surface area contributed by atoms with E-state index in [-0.39, 0.29) is 44.6 Å². The topological polar surface area (TPSA) is 91.3 Å². The second-order valence-electron chi connectivity index (χ2n) is 11.1. The van der Waals surface area contributed by atoms with Crippen LogP contribution in [-0.2, 0) is 22.4 Å². The van der Waals surface area contributed by atoms with Crippen molar-refractivity contribution in [2.45, 2.75) is 52.9 Å². The van der Waals surface area contributed by atoms with E-state index < -0.39 is 0 Å². The molecular formula is C39H46O7. The molecule has 0 atom stereocenters. The molecule has 0 aliphatic heterocycles. The zero-order valence-electron chi connectivity index (χ0n) is 27.2. The maximum atomic E-state index is 11.8. The molecule has 0 aliphatic rings. The van der Waals surface area contributed by atoms with Gasteiger partial charge in [-0.05, 0) is 99.2 Å². The Labute approximate surface area is 273 Å². The highest BCUT2D eigenvalue weighted by molar-refractivity contribution is 5.81. The van der Waals surface area contributed by atoms with Crippen molar-refractivity contribution in [2.75, 3.05) is 33.0 Å². The van der Waals surface area contributed by atoms with Gasteiger partial charge in [0.15, 0.2) is 0 Å². The van der Waals surface area contributed by atoms with Crippen molar-refractivity contribution in [1.82, 2.24) is 0 Å². The SMILES string of the molecule is CCCCc1ccc(OCC(=O)COc2ccc(C)cc2)cc1.Cc1ccc(OCC(=O)COc2ccc(CCCO)cc2)cc1. The van der Waals surface area contributed by atoms with Gasteiger partial charge in [0.2, 0.25) is 11.6 Å². The highest BCUT2D eigenvalue weighted by Crippen LogP contribution is 2.16. The summed E-state index contributed by atoms with van der Waals surface area (Å²) in [4.78, 5) is 23.6. The number of hydrogen-bond acceptors (Lipinski definition) is 7. The number of rotatable bonds is 18. The van der Waals surface area contributed by atoms with Crippen molar-refractivity contribution in [3.05, 3.63) is 119 Å². The van der Waals surface area contributed by atoms with Crippen molar-refractivity contribution < 1.29 is 33.6 Å². The highest BCUT2D eigenvalue weighted by atomic mass is 16.5. The van der Waals surface area contributed by atoms with Gasteiger partial charge in [-0.25, -0.2) is 0 Å². The summed E-state index contributed by atoms with van der Waals surface area (Å²) in [5, 5.41) is 8.80. The normalized spacial score (nSPS) is 10.3. The lowest BCUT2D eigenvalue weighted by Gasteiger charge is -2.08. The molecule has 0 aromatic heterocycles. The predicted molar refractivity (Wildman–Crippen MR) is 181 cm³/mol. The van der Waals surface area contributed by atoms with Crippen LogP contribution in [0.4, 0.5) is 0 Å². The van der Waals surface area contributed by atoms with Gasteiger partial charge < -0.3 is 24.1 Å². The van der Waals surface area contributed by atoms with E-state index in [2.05, 4.69) is 19.1 Å². The fourth-order valence-electron chi connectivity index (χ4n) is 4.18. The zero-order chi connectivity index (χ0) is 33.0. The number of ketones is 2. The summed E-state index contributed by atoms with van der Waals surface area (Å²) in [6, 6.07) is 30.7. The lowest BCUT2D eigenvalue weighted by atomic mass is 10.1. The molecule has 0 amide bonds. The van der Waals surface area contributed by atoms with Gasteiger partial charge in [-0.2, -0.15) is 0 Å². The molecular weight excluding hydrogens is 580 g/mol. The first kappa shape index (κ1) is 35.9. The molecule has 0 aliphatic carbocycles. The largest absolute Gasteiger partial charge is 0.486 e. The summed E-state index contributed by atoms with van der Waals surface area (Å²) in [6.45, 7) is 6.42. The summed E-state index contributed by atoms with van der Waals surface area (Å²) in [6.07, 6.45) is 5.04. The number of aryl methyl sites for hydroxylation is 4. The lowest BCUT2D eigenvalue weighted by molar-refractivity contribution is -0.123. The van der Waals surface area contributed by atoms with Gasteiger partial charge in [0.05, 0.1) is 0 Å². The quantitative estimate of drug-likeness (QED) is 0.124. The Bertz CT molecular complexity index is 1320. The first-order valence-corrected chi connectivity index (χ1v) is 15.8. The van der Waals surface area contributed by atoms with Crippen molar-refractivity contribution in [1.29, 1.82) is 0 Å². The van der Waals surface area contributed by atoms with Crippen LogP contribution in [0.2, 0.25) is 0 Å². The van der Waals surface area contributed by atoms with Crippen LogP contribution in [0.1, 0.15) is 48.4 Å². The second kappa shape index (κ2) is 20.4. The average Bonchev–Trinajstić information content (AvgIpc) is 3.08. The van der Waals surface area contributed by atoms with Gasteiger partial charge in [0, 0.05) is 6.61 Å². The van der Waals surface area contributed by atoms with Crippen molar-refractivity contribution >= 4 is 11.6 Å². The summed E-state index contributed by atoms with van der Waals surface area (Å²) in [5.41, 5.74) is 4.75. The van der Waals surface area contributed by atoms with Crippen LogP contribution in [0.15, 0.2) is 97.1 Å². The monoisotopic (exact) mass is 626 g/mol. The van der Waals surface area contributed by atoms with Gasteiger partial charge >= 0.3 is 0 Å². The number of aliphatic hydroxyl groups is 1. The maximum absolute atomic E-state index is 11.8. The first-order chi connectivity index (χ1) is 22.3. The second-order valence-corrected chi connectivity index (χ2v) is 11.1. The summed E-state index contributed by atoms with van der Waals surface area (Å²) >= 11 is 0. The molecule has 1 N–H and O–H groups in total. The third kappa shape index (κ3) is 14.4. The van der Waals surface area contributed by atoms with Gasteiger partial charge in [-0.1, -0.05) is 73.0 Å². The molecule has 4 aromatic carbocycles. The fourth-order valence-corrected chi connectivity index (χ4v) is 4.18. The van der Waals surface area contributed by atoms with Crippen LogP contribution in [0.3, 0.4) is 0 Å². The average molecular weight is 627 g/mol. The zero-order valence-corrected chi connectivity index (χ0v) is 27.2. The van der Waals surface area contributed by atoms with E-state index in [0.717, 1.165) is 36.0 Å². The molecule has 0 spiro atoms. The minimum Gasteiger partial charge on any atom is -0.486 e. The van der Waals surface area contributed by atoms with E-state index in [1.54, 1.807) is 0 Å². The van der Waals surface area contributed by atoms with Crippen LogP contribution < -0.4 is 18.9 Å². The molecule has 4 aromatic rings. The molecule has 0 heterocycles. The van der Waals surface area contributed by atoms with Crippen LogP contribution in [0.5, 0.6) is 23.0 Å². The maximum Gasteiger partial charge on any atom is 0.207 e. The van der Waals surface area contributed by atoms with Gasteiger partial charge in [0.25, 0.3) is 0 Å². The van der Waals surface area contributed by atoms with Crippen LogP contribution in [0.25, 0.3) is 0 Å². The Morgan fingerprint density at radius 1 is 0.500 bits per heavy atom. The van der Waals surface area contributed by atoms with Gasteiger partial charge in [0.1, 0.15) is 49.4 Å². The van der Waals surface area contributed by atoms with E-state index in [0.29, 0.717) is 23.0 Å². The van der Waals surface area contributed by atoms with Crippen molar-refractivity contribution in [2.24, 2.45) is 0 Å². The van der Waals surface area contributed by atoms with Gasteiger partial charge in [-0.3, -0.25) is 9.59 Å². The lowest BCUT2D eigenvalue weighted by Crippen LogP contribution is -2.19. The number of benzene rings is 4. The van der Waals surface area contributed by atoms with Crippen LogP contribution >= 0.6 is 0 Å². The Hall–Kier alpha value is -4.62. The summed E-state index contributed by atoms with van der Waals surface area (Å²) in [5.74, 6) is 2.55. The van der Waals surface area contributed by atoms with E-state index in [4.69, 9.17) is 24.1 Å². The molecule has 7 heteroatoms. The molecule has 0 unspecified atom stereocenters. The molecule has 46 heavy (non-hydrogen) atoms. The molecule has 0 radical (unpaired) electrons. The third-order valence-corrected chi connectivity index (χ3v) is 6.93. The number of ether oxygens (including phenoxy) is 4. The molecule has 0 fully saturated rings. The van der Waals surface area contributed by atoms with E-state index in [1.165, 1.54) is 18.4 Å². The van der Waals surface area contributed by atoms with Crippen LogP contribution in [-0.4, -0.2) is 49.7 Å². The highest BCUT2D eigenvalue weighted by Gasteiger charge is 2.07. The molecule has 0 bridgehead atoms. The minimum absolute atomic E-state index is 0.00234. The Morgan fingerprint density at radius 3 is 1.11 bits per heavy atom. The Balaban J connectivity index is 0.000000250. The number of carbonyl (C=O) groups is 2. The molecule has 0 saturated carbocycles. The van der Waals surface area contributed by atoms with E-state index >= 15 is 0 Å². The number of Topliss-reactive ketones (excluding diaryl/α,β-unsaturated/α-hetero) is 2. The summed E-state index contributed by atoms with van der Waals surface area (Å²) < 4.78 is 21.8. The van der Waals surface area contributed by atoms with Crippen molar-refractivity contribution in [3.63, 3.8) is 0 Å². The smallest absolute Gasteiger partial charge is 0.207 e. The van der Waals surface area contributed by atoms with E-state index in [1.807, 2.05) is 98.8 Å². The predicted octanol–water partition coefficient (Wildman–Crippen LogP) is 7.31. The number of unbranched alkanes of at least 4 members (excludes halogenated alkanes) is 1.